The minimum absolute atomic E-state index is 0.0253. The highest BCUT2D eigenvalue weighted by molar-refractivity contribution is 5.94. The molecule has 0 spiro atoms. The zero-order chi connectivity index (χ0) is 18.3. The van der Waals surface area contributed by atoms with Gasteiger partial charge in [0.15, 0.2) is 5.69 Å². The molecular weight excluding hydrogens is 333 g/mol. The van der Waals surface area contributed by atoms with E-state index in [2.05, 4.69) is 10.2 Å². The van der Waals surface area contributed by atoms with Gasteiger partial charge in [0.25, 0.3) is 5.91 Å². The normalized spacial score (nSPS) is 22.1. The lowest BCUT2D eigenvalue weighted by Crippen LogP contribution is -2.36. The second kappa shape index (κ2) is 6.83. The molecule has 1 aliphatic carbocycles. The Morgan fingerprint density at radius 1 is 1.38 bits per heavy atom. The Labute approximate surface area is 152 Å². The summed E-state index contributed by atoms with van der Waals surface area (Å²) in [4.78, 5) is 15.1. The third-order valence-corrected chi connectivity index (χ3v) is 5.22. The van der Waals surface area contributed by atoms with E-state index in [0.717, 1.165) is 29.7 Å². The number of nitrogens with one attached hydrogen (secondary N) is 1. The number of halogens is 1. The van der Waals surface area contributed by atoms with Crippen LogP contribution >= 0.6 is 0 Å². The Morgan fingerprint density at radius 2 is 2.19 bits per heavy atom. The van der Waals surface area contributed by atoms with Crippen LogP contribution in [0.25, 0.3) is 0 Å². The number of H-pyrrole nitrogens is 1. The van der Waals surface area contributed by atoms with Gasteiger partial charge in [-0.1, -0.05) is 12.1 Å². The molecule has 2 aliphatic rings. The van der Waals surface area contributed by atoms with Crippen LogP contribution in [0, 0.1) is 5.82 Å². The summed E-state index contributed by atoms with van der Waals surface area (Å²) in [5.74, 6) is -0.265. The molecule has 0 saturated heterocycles. The number of amides is 1. The van der Waals surface area contributed by atoms with Crippen molar-refractivity contribution in [3.63, 3.8) is 0 Å². The van der Waals surface area contributed by atoms with E-state index in [0.29, 0.717) is 25.1 Å². The quantitative estimate of drug-likeness (QED) is 0.892. The van der Waals surface area contributed by atoms with Gasteiger partial charge in [0.2, 0.25) is 0 Å². The molecule has 0 bridgehead atoms. The topological polar surface area (TPSA) is 58.2 Å². The standard InChI is InChI=1S/C20H24FN3O2/c1-12-10-17-18(13(2)26-12)22-23-19(17)20(25)24(16-6-7-16)9-8-14-4-3-5-15(21)11-14/h3-5,11-13,16H,6-10H2,1-2H3,(H,22,23)/t12-,13+/m1/s1. The lowest BCUT2D eigenvalue weighted by atomic mass is 9.99. The molecule has 1 aromatic heterocycles. The van der Waals surface area contributed by atoms with Crippen molar-refractivity contribution in [2.45, 2.75) is 57.8 Å². The van der Waals surface area contributed by atoms with Gasteiger partial charge in [-0.2, -0.15) is 5.10 Å². The largest absolute Gasteiger partial charge is 0.369 e. The van der Waals surface area contributed by atoms with Gasteiger partial charge in [-0.15, -0.1) is 0 Å². The van der Waals surface area contributed by atoms with Gasteiger partial charge in [-0.05, 0) is 50.8 Å². The maximum atomic E-state index is 13.4. The second-order valence-corrected chi connectivity index (χ2v) is 7.37. The average Bonchev–Trinajstić information content (AvgIpc) is 3.34. The molecule has 1 N–H and O–H groups in total. The van der Waals surface area contributed by atoms with Gasteiger partial charge < -0.3 is 9.64 Å². The number of hydrogen-bond donors (Lipinski definition) is 1. The molecule has 4 rings (SSSR count). The maximum absolute atomic E-state index is 13.4. The van der Waals surface area contributed by atoms with Gasteiger partial charge in [-0.3, -0.25) is 9.89 Å². The smallest absolute Gasteiger partial charge is 0.274 e. The third-order valence-electron chi connectivity index (χ3n) is 5.22. The van der Waals surface area contributed by atoms with E-state index >= 15 is 0 Å². The average molecular weight is 357 g/mol. The minimum Gasteiger partial charge on any atom is -0.369 e. The summed E-state index contributed by atoms with van der Waals surface area (Å²) in [7, 11) is 0. The minimum atomic E-state index is -0.240. The SMILES string of the molecule is C[C@@H]1Cc2c(C(=O)N(CCc3cccc(F)c3)C3CC3)n[nH]c2[C@H](C)O1. The summed E-state index contributed by atoms with van der Waals surface area (Å²) in [6.45, 7) is 4.57. The summed E-state index contributed by atoms with van der Waals surface area (Å²) in [6, 6.07) is 6.86. The van der Waals surface area contributed by atoms with E-state index in [1.54, 1.807) is 6.07 Å². The first kappa shape index (κ1) is 17.2. The molecule has 0 radical (unpaired) electrons. The van der Waals surface area contributed by atoms with E-state index in [1.807, 2.05) is 24.8 Å². The van der Waals surface area contributed by atoms with Crippen molar-refractivity contribution >= 4 is 5.91 Å². The molecule has 1 amide bonds. The van der Waals surface area contributed by atoms with Crippen LogP contribution < -0.4 is 0 Å². The number of nitrogens with zero attached hydrogens (tertiary/aromatic N) is 2. The van der Waals surface area contributed by atoms with Crippen LogP contribution in [0.15, 0.2) is 24.3 Å². The fraction of sp³-hybridized carbons (Fsp3) is 0.500. The van der Waals surface area contributed by atoms with Crippen LogP contribution in [-0.2, 0) is 17.6 Å². The van der Waals surface area contributed by atoms with E-state index < -0.39 is 0 Å². The summed E-state index contributed by atoms with van der Waals surface area (Å²) in [5.41, 5.74) is 3.32. The Morgan fingerprint density at radius 3 is 2.92 bits per heavy atom. The number of hydrogen-bond acceptors (Lipinski definition) is 3. The number of rotatable bonds is 5. The molecule has 138 valence electrons. The Kier molecular flexibility index (Phi) is 4.53. The van der Waals surface area contributed by atoms with E-state index in [1.165, 1.54) is 12.1 Å². The van der Waals surface area contributed by atoms with E-state index in [9.17, 15) is 9.18 Å². The van der Waals surface area contributed by atoms with Crippen LogP contribution in [0.5, 0.6) is 0 Å². The van der Waals surface area contributed by atoms with Crippen molar-refractivity contribution in [3.8, 4) is 0 Å². The number of aromatic amines is 1. The fourth-order valence-corrected chi connectivity index (χ4v) is 3.76. The Balaban J connectivity index is 1.53. The number of ether oxygens (including phenoxy) is 1. The highest BCUT2D eigenvalue weighted by atomic mass is 19.1. The first-order valence-electron chi connectivity index (χ1n) is 9.31. The molecule has 5 nitrogen and oxygen atoms in total. The molecule has 1 fully saturated rings. The molecule has 26 heavy (non-hydrogen) atoms. The van der Waals surface area contributed by atoms with Crippen molar-refractivity contribution in [3.05, 3.63) is 52.6 Å². The summed E-state index contributed by atoms with van der Waals surface area (Å²) < 4.78 is 19.2. The Bertz CT molecular complexity index is 815. The summed E-state index contributed by atoms with van der Waals surface area (Å²) in [5, 5.41) is 7.33. The van der Waals surface area contributed by atoms with Crippen LogP contribution in [0.3, 0.4) is 0 Å². The van der Waals surface area contributed by atoms with Gasteiger partial charge >= 0.3 is 0 Å². The molecule has 0 unspecified atom stereocenters. The predicted molar refractivity (Wildman–Crippen MR) is 95.4 cm³/mol. The third kappa shape index (κ3) is 3.38. The predicted octanol–water partition coefficient (Wildman–Crippen LogP) is 3.42. The first-order valence-corrected chi connectivity index (χ1v) is 9.31. The fourth-order valence-electron chi connectivity index (χ4n) is 3.76. The van der Waals surface area contributed by atoms with Crippen LogP contribution in [0.1, 0.15) is 60.1 Å². The number of benzene rings is 1. The number of carbonyl (C=O) groups excluding carboxylic acids is 1. The van der Waals surface area contributed by atoms with Gasteiger partial charge in [-0.25, -0.2) is 4.39 Å². The highest BCUT2D eigenvalue weighted by Crippen LogP contribution is 2.33. The van der Waals surface area contributed by atoms with Crippen LogP contribution in [0.4, 0.5) is 4.39 Å². The van der Waals surface area contributed by atoms with Crippen molar-refractivity contribution in [2.75, 3.05) is 6.54 Å². The van der Waals surface area contributed by atoms with Gasteiger partial charge in [0.1, 0.15) is 5.82 Å². The highest BCUT2D eigenvalue weighted by Gasteiger charge is 2.37. The van der Waals surface area contributed by atoms with Crippen molar-refractivity contribution < 1.29 is 13.9 Å². The number of carbonyl (C=O) groups is 1. The number of aromatic nitrogens is 2. The maximum Gasteiger partial charge on any atom is 0.274 e. The zero-order valence-corrected chi connectivity index (χ0v) is 15.2. The van der Waals surface area contributed by atoms with E-state index in [-0.39, 0.29) is 30.0 Å². The van der Waals surface area contributed by atoms with E-state index in [4.69, 9.17) is 4.74 Å². The first-order chi connectivity index (χ1) is 12.5. The molecule has 1 saturated carbocycles. The van der Waals surface area contributed by atoms with Gasteiger partial charge in [0.05, 0.1) is 17.9 Å². The molecule has 2 heterocycles. The molecule has 2 aromatic rings. The van der Waals surface area contributed by atoms with Crippen molar-refractivity contribution in [1.82, 2.24) is 15.1 Å². The molecular formula is C20H24FN3O2. The van der Waals surface area contributed by atoms with Crippen molar-refractivity contribution in [1.29, 1.82) is 0 Å². The van der Waals surface area contributed by atoms with Crippen molar-refractivity contribution in [2.24, 2.45) is 0 Å². The Hall–Kier alpha value is -2.21. The van der Waals surface area contributed by atoms with Crippen LogP contribution in [-0.4, -0.2) is 39.7 Å². The van der Waals surface area contributed by atoms with Gasteiger partial charge in [0, 0.05) is 24.6 Å². The molecule has 2 atom stereocenters. The molecule has 1 aliphatic heterocycles. The lowest BCUT2D eigenvalue weighted by molar-refractivity contribution is -0.00702. The summed E-state index contributed by atoms with van der Waals surface area (Å²) >= 11 is 0. The molecule has 6 heteroatoms. The second-order valence-electron chi connectivity index (χ2n) is 7.37. The monoisotopic (exact) mass is 357 g/mol. The zero-order valence-electron chi connectivity index (χ0n) is 15.2. The summed E-state index contributed by atoms with van der Waals surface area (Å²) in [6.07, 6.45) is 3.38. The molecule has 1 aromatic carbocycles. The number of fused-ring (bicyclic) bond motifs is 1. The van der Waals surface area contributed by atoms with Crippen LogP contribution in [0.2, 0.25) is 0 Å². The lowest BCUT2D eigenvalue weighted by Gasteiger charge is -2.26.